The van der Waals surface area contributed by atoms with Crippen LogP contribution in [-0.2, 0) is 4.79 Å². The molecule has 0 unspecified atom stereocenters. The van der Waals surface area contributed by atoms with E-state index in [0.717, 1.165) is 77.8 Å². The normalized spacial score (nSPS) is 19.6. The van der Waals surface area contributed by atoms with Crippen LogP contribution >= 0.6 is 0 Å². The number of aromatic amines is 2. The Kier molecular flexibility index (Phi) is 3.81. The second-order valence-corrected chi connectivity index (χ2v) is 8.44. The number of imidazole rings is 1. The van der Waals surface area contributed by atoms with Gasteiger partial charge in [-0.15, -0.1) is 0 Å². The fraction of sp³-hybridized carbons (Fsp3) is 0.364. The number of benzene rings is 1. The lowest BCUT2D eigenvalue weighted by atomic mass is 9.97. The van der Waals surface area contributed by atoms with Crippen molar-refractivity contribution >= 4 is 33.7 Å². The monoisotopic (exact) mass is 401 g/mol. The summed E-state index contributed by atoms with van der Waals surface area (Å²) in [7, 11) is 0. The van der Waals surface area contributed by atoms with Crippen molar-refractivity contribution in [3.8, 4) is 11.3 Å². The molecule has 4 heterocycles. The van der Waals surface area contributed by atoms with Gasteiger partial charge in [-0.25, -0.2) is 9.97 Å². The molecule has 8 heteroatoms. The number of pyridine rings is 1. The summed E-state index contributed by atoms with van der Waals surface area (Å²) < 4.78 is 0. The number of aromatic nitrogens is 5. The fourth-order valence-corrected chi connectivity index (χ4v) is 4.55. The van der Waals surface area contributed by atoms with Crippen molar-refractivity contribution in [1.82, 2.24) is 30.0 Å². The molecular weight excluding hydrogens is 378 g/mol. The van der Waals surface area contributed by atoms with Crippen molar-refractivity contribution in [3.05, 3.63) is 36.3 Å². The summed E-state index contributed by atoms with van der Waals surface area (Å²) in [5, 5.41) is 7.96. The molecule has 1 aliphatic heterocycles. The third kappa shape index (κ3) is 2.82. The molecule has 1 saturated carbocycles. The lowest BCUT2D eigenvalue weighted by Crippen LogP contribution is -2.40. The third-order valence-electron chi connectivity index (χ3n) is 6.33. The van der Waals surface area contributed by atoms with E-state index in [1.54, 1.807) is 6.20 Å². The van der Waals surface area contributed by atoms with E-state index in [1.165, 1.54) is 0 Å². The van der Waals surface area contributed by atoms with Gasteiger partial charge < -0.3 is 15.6 Å². The fourth-order valence-electron chi connectivity index (χ4n) is 4.55. The zero-order valence-electron chi connectivity index (χ0n) is 16.6. The Bertz CT molecular complexity index is 1260. The Morgan fingerprint density at radius 1 is 1.17 bits per heavy atom. The number of anilines is 1. The van der Waals surface area contributed by atoms with Gasteiger partial charge in [-0.3, -0.25) is 9.89 Å². The molecule has 8 nitrogen and oxygen atoms in total. The van der Waals surface area contributed by atoms with Crippen LogP contribution in [0.3, 0.4) is 0 Å². The molecular formula is C22H23N7O. The molecule has 0 bridgehead atoms. The number of H-pyrrole nitrogens is 2. The van der Waals surface area contributed by atoms with Gasteiger partial charge in [-0.2, -0.15) is 5.10 Å². The number of amides is 1. The third-order valence-corrected chi connectivity index (χ3v) is 6.33. The maximum Gasteiger partial charge on any atom is 0.225 e. The van der Waals surface area contributed by atoms with E-state index >= 15 is 0 Å². The molecule has 1 aromatic carbocycles. The average molecular weight is 401 g/mol. The largest absolute Gasteiger partial charge is 0.382 e. The first-order valence-electron chi connectivity index (χ1n) is 10.5. The molecule has 152 valence electrons. The molecule has 1 saturated heterocycles. The Labute approximate surface area is 172 Å². The highest BCUT2D eigenvalue weighted by Crippen LogP contribution is 2.35. The molecule has 2 aliphatic rings. The van der Waals surface area contributed by atoms with Crippen LogP contribution in [0.25, 0.3) is 33.2 Å². The minimum atomic E-state index is 0.201. The first kappa shape index (κ1) is 17.4. The van der Waals surface area contributed by atoms with Crippen LogP contribution in [0.1, 0.15) is 37.4 Å². The standard InChI is InChI=1S/C22H23N7O/c23-20-19-18(15-6-5-13(10-17(15)25-20)16-7-8-24-28-16)26-21(27-19)14-2-1-9-29(11-14)22(30)12-3-4-12/h5-8,10,12,14H,1-4,9,11H2,(H2,23,25)(H,24,28)(H,26,27)/t14-/m0/s1. The Morgan fingerprint density at radius 3 is 2.87 bits per heavy atom. The predicted molar refractivity (Wildman–Crippen MR) is 115 cm³/mol. The van der Waals surface area contributed by atoms with Gasteiger partial charge in [0.2, 0.25) is 5.91 Å². The van der Waals surface area contributed by atoms with Gasteiger partial charge in [0.25, 0.3) is 0 Å². The number of carbonyl (C=O) groups is 1. The van der Waals surface area contributed by atoms with Crippen molar-refractivity contribution < 1.29 is 4.79 Å². The number of likely N-dealkylation sites (tertiary alicyclic amines) is 1. The number of nitrogen functional groups attached to an aromatic ring is 1. The molecule has 1 aliphatic carbocycles. The number of carbonyl (C=O) groups excluding carboxylic acids is 1. The number of hydrogen-bond acceptors (Lipinski definition) is 5. The Morgan fingerprint density at radius 2 is 2.07 bits per heavy atom. The molecule has 1 amide bonds. The van der Waals surface area contributed by atoms with Crippen molar-refractivity contribution in [2.75, 3.05) is 18.8 Å². The maximum atomic E-state index is 12.5. The smallest absolute Gasteiger partial charge is 0.225 e. The number of rotatable bonds is 3. The summed E-state index contributed by atoms with van der Waals surface area (Å²) in [4.78, 5) is 27.5. The summed E-state index contributed by atoms with van der Waals surface area (Å²) in [6.45, 7) is 1.58. The number of nitrogens with two attached hydrogens (primary N) is 1. The number of piperidine rings is 1. The molecule has 0 radical (unpaired) electrons. The van der Waals surface area contributed by atoms with Crippen LogP contribution in [0.4, 0.5) is 5.82 Å². The second kappa shape index (κ2) is 6.55. The van der Waals surface area contributed by atoms with Gasteiger partial charge in [0.1, 0.15) is 22.7 Å². The lowest BCUT2D eigenvalue weighted by molar-refractivity contribution is -0.133. The molecule has 2 fully saturated rings. The summed E-state index contributed by atoms with van der Waals surface area (Å²) in [6.07, 6.45) is 5.83. The molecule has 30 heavy (non-hydrogen) atoms. The Hall–Kier alpha value is -3.42. The molecule has 3 aromatic heterocycles. The Balaban J connectivity index is 1.38. The van der Waals surface area contributed by atoms with Gasteiger partial charge in [-0.1, -0.05) is 6.07 Å². The number of fused-ring (bicyclic) bond motifs is 3. The highest BCUT2D eigenvalue weighted by atomic mass is 16.2. The quantitative estimate of drug-likeness (QED) is 0.487. The van der Waals surface area contributed by atoms with Gasteiger partial charge >= 0.3 is 0 Å². The molecule has 4 aromatic rings. The minimum Gasteiger partial charge on any atom is -0.382 e. The van der Waals surface area contributed by atoms with Crippen LogP contribution in [0.15, 0.2) is 30.5 Å². The van der Waals surface area contributed by atoms with Crippen molar-refractivity contribution in [3.63, 3.8) is 0 Å². The van der Waals surface area contributed by atoms with E-state index in [4.69, 9.17) is 10.7 Å². The van der Waals surface area contributed by atoms with Crippen LogP contribution in [0.2, 0.25) is 0 Å². The van der Waals surface area contributed by atoms with Crippen molar-refractivity contribution in [1.29, 1.82) is 0 Å². The van der Waals surface area contributed by atoms with Crippen LogP contribution < -0.4 is 5.73 Å². The van der Waals surface area contributed by atoms with Gasteiger partial charge in [-0.05, 0) is 43.9 Å². The van der Waals surface area contributed by atoms with Gasteiger partial charge in [0.05, 0.1) is 11.2 Å². The summed E-state index contributed by atoms with van der Waals surface area (Å²) in [6, 6.07) is 8.00. The average Bonchev–Trinajstić information content (AvgIpc) is 3.27. The predicted octanol–water partition coefficient (Wildman–Crippen LogP) is 3.20. The van der Waals surface area contributed by atoms with E-state index in [9.17, 15) is 4.79 Å². The number of hydrogen-bond donors (Lipinski definition) is 3. The molecule has 6 rings (SSSR count). The van der Waals surface area contributed by atoms with Crippen LogP contribution in [0.5, 0.6) is 0 Å². The maximum absolute atomic E-state index is 12.5. The zero-order valence-corrected chi connectivity index (χ0v) is 16.6. The summed E-state index contributed by atoms with van der Waals surface area (Å²) in [5.74, 6) is 2.12. The molecule has 0 spiro atoms. The first-order chi connectivity index (χ1) is 14.7. The number of nitrogens with zero attached hydrogens (tertiary/aromatic N) is 4. The summed E-state index contributed by atoms with van der Waals surface area (Å²) in [5.41, 5.74) is 10.6. The van der Waals surface area contributed by atoms with Crippen LogP contribution in [0, 0.1) is 5.92 Å². The second-order valence-electron chi connectivity index (χ2n) is 8.44. The van der Waals surface area contributed by atoms with E-state index in [1.807, 2.05) is 29.2 Å². The van der Waals surface area contributed by atoms with E-state index in [2.05, 4.69) is 20.2 Å². The van der Waals surface area contributed by atoms with E-state index in [-0.39, 0.29) is 11.8 Å². The topological polar surface area (TPSA) is 117 Å². The number of nitrogens with one attached hydrogen (secondary N) is 2. The SMILES string of the molecule is Nc1nc2cc(-c3ccn[nH]3)ccc2c2nc([C@H]3CCCN(C(=O)C4CC4)C3)[nH]c12. The zero-order chi connectivity index (χ0) is 20.2. The highest BCUT2D eigenvalue weighted by molar-refractivity contribution is 6.07. The molecule has 4 N–H and O–H groups in total. The summed E-state index contributed by atoms with van der Waals surface area (Å²) >= 11 is 0. The van der Waals surface area contributed by atoms with Gasteiger partial charge in [0, 0.05) is 42.1 Å². The van der Waals surface area contributed by atoms with Crippen molar-refractivity contribution in [2.45, 2.75) is 31.6 Å². The minimum absolute atomic E-state index is 0.201. The van der Waals surface area contributed by atoms with E-state index in [0.29, 0.717) is 11.7 Å². The van der Waals surface area contributed by atoms with Crippen LogP contribution in [-0.4, -0.2) is 49.0 Å². The van der Waals surface area contributed by atoms with E-state index < -0.39 is 0 Å². The van der Waals surface area contributed by atoms with Crippen molar-refractivity contribution in [2.24, 2.45) is 5.92 Å². The highest BCUT2D eigenvalue weighted by Gasteiger charge is 2.36. The molecule has 1 atom stereocenters. The first-order valence-corrected chi connectivity index (χ1v) is 10.5. The lowest BCUT2D eigenvalue weighted by Gasteiger charge is -2.32. The van der Waals surface area contributed by atoms with Gasteiger partial charge in [0.15, 0.2) is 0 Å².